The first kappa shape index (κ1) is 14.8. The van der Waals surface area contributed by atoms with Gasteiger partial charge in [-0.3, -0.25) is 9.59 Å². The first-order chi connectivity index (χ1) is 10.1. The second-order valence-electron chi connectivity index (χ2n) is 4.68. The van der Waals surface area contributed by atoms with Crippen LogP contribution in [-0.2, 0) is 22.4 Å². The molecule has 2 aromatic rings. The van der Waals surface area contributed by atoms with Crippen LogP contribution in [0.4, 0.5) is 0 Å². The molecule has 0 radical (unpaired) electrons. The Hall–Kier alpha value is -2.64. The molecule has 0 spiro atoms. The number of aromatic amines is 2. The zero-order valence-corrected chi connectivity index (χ0v) is 11.6. The lowest BCUT2D eigenvalue weighted by Gasteiger charge is -2.21. The van der Waals surface area contributed by atoms with Gasteiger partial charge in [-0.15, -0.1) is 0 Å². The van der Waals surface area contributed by atoms with Crippen molar-refractivity contribution in [3.8, 4) is 0 Å². The summed E-state index contributed by atoms with van der Waals surface area (Å²) in [6.07, 6.45) is 7.63. The van der Waals surface area contributed by atoms with Gasteiger partial charge in [0.05, 0.1) is 12.7 Å². The van der Waals surface area contributed by atoms with E-state index in [2.05, 4.69) is 19.9 Å². The Morgan fingerprint density at radius 3 is 1.95 bits per heavy atom. The highest BCUT2D eigenvalue weighted by Crippen LogP contribution is 2.03. The Morgan fingerprint density at radius 1 is 1.05 bits per heavy atom. The van der Waals surface area contributed by atoms with Gasteiger partial charge in [-0.25, -0.2) is 9.97 Å². The second-order valence-corrected chi connectivity index (χ2v) is 4.68. The summed E-state index contributed by atoms with van der Waals surface area (Å²) in [7, 11) is 0. The van der Waals surface area contributed by atoms with Gasteiger partial charge in [-0.2, -0.15) is 0 Å². The lowest BCUT2D eigenvalue weighted by Crippen LogP contribution is -2.37. The van der Waals surface area contributed by atoms with Crippen LogP contribution in [0.1, 0.15) is 17.8 Å². The molecule has 2 rings (SSSR count). The van der Waals surface area contributed by atoms with E-state index in [1.807, 2.05) is 0 Å². The normalized spacial score (nSPS) is 10.5. The molecule has 0 unspecified atom stereocenters. The van der Waals surface area contributed by atoms with Crippen LogP contribution in [0, 0.1) is 0 Å². The highest BCUT2D eigenvalue weighted by molar-refractivity contribution is 5.96. The van der Waals surface area contributed by atoms with Gasteiger partial charge >= 0.3 is 0 Å². The van der Waals surface area contributed by atoms with Crippen molar-refractivity contribution in [1.82, 2.24) is 24.8 Å². The number of nitrogens with two attached hydrogens (primary N) is 1. The number of carbonyl (C=O) groups is 2. The van der Waals surface area contributed by atoms with Crippen molar-refractivity contribution < 1.29 is 9.59 Å². The van der Waals surface area contributed by atoms with E-state index in [4.69, 9.17) is 5.73 Å². The van der Waals surface area contributed by atoms with Crippen molar-refractivity contribution >= 4 is 11.8 Å². The number of aromatic nitrogens is 4. The third-order valence-electron chi connectivity index (χ3n) is 3.09. The van der Waals surface area contributed by atoms with Crippen molar-refractivity contribution in [1.29, 1.82) is 0 Å². The number of nitrogens with zero attached hydrogens (tertiary/aromatic N) is 3. The lowest BCUT2D eigenvalue weighted by molar-refractivity contribution is -0.135. The van der Waals surface area contributed by atoms with Gasteiger partial charge in [0.25, 0.3) is 0 Å². The molecule has 0 saturated carbocycles. The topological polar surface area (TPSA) is 121 Å². The number of imidazole rings is 2. The number of amides is 2. The zero-order valence-electron chi connectivity index (χ0n) is 11.6. The number of rotatable bonds is 8. The minimum atomic E-state index is -0.618. The van der Waals surface area contributed by atoms with E-state index in [0.29, 0.717) is 25.9 Å². The fraction of sp³-hybridized carbons (Fsp3) is 0.385. The summed E-state index contributed by atoms with van der Waals surface area (Å²) >= 11 is 0. The van der Waals surface area contributed by atoms with Gasteiger partial charge in [-0.05, 0) is 0 Å². The fourth-order valence-corrected chi connectivity index (χ4v) is 1.98. The molecule has 0 aliphatic rings. The Morgan fingerprint density at radius 2 is 1.57 bits per heavy atom. The van der Waals surface area contributed by atoms with E-state index in [0.717, 1.165) is 11.4 Å². The summed E-state index contributed by atoms with van der Waals surface area (Å²) in [6.45, 7) is 1.00. The number of carbonyl (C=O) groups excluding carboxylic acids is 2. The standard InChI is InChI=1S/C13H18N6O2/c14-12(20)5-13(21)19(3-1-10-6-15-8-17-10)4-2-11-7-16-9-18-11/h6-9H,1-5H2,(H2,14,20)(H,15,17)(H,16,18). The molecule has 0 fully saturated rings. The molecular weight excluding hydrogens is 272 g/mol. The molecule has 4 N–H and O–H groups in total. The molecular formula is C13H18N6O2. The van der Waals surface area contributed by atoms with Crippen molar-refractivity contribution in [2.75, 3.05) is 13.1 Å². The molecule has 0 atom stereocenters. The highest BCUT2D eigenvalue weighted by Gasteiger charge is 2.16. The maximum absolute atomic E-state index is 12.0. The molecule has 0 aromatic carbocycles. The van der Waals surface area contributed by atoms with Gasteiger partial charge in [-0.1, -0.05) is 0 Å². The largest absolute Gasteiger partial charge is 0.369 e. The van der Waals surface area contributed by atoms with Crippen LogP contribution >= 0.6 is 0 Å². The Kier molecular flexibility index (Phi) is 5.08. The van der Waals surface area contributed by atoms with E-state index in [-0.39, 0.29) is 12.3 Å². The molecule has 0 bridgehead atoms. The van der Waals surface area contributed by atoms with Crippen LogP contribution in [0.15, 0.2) is 25.0 Å². The van der Waals surface area contributed by atoms with Crippen LogP contribution in [0.3, 0.4) is 0 Å². The van der Waals surface area contributed by atoms with Crippen LogP contribution in [0.2, 0.25) is 0 Å². The molecule has 112 valence electrons. The zero-order chi connectivity index (χ0) is 15.1. The van der Waals surface area contributed by atoms with Crippen LogP contribution in [0.25, 0.3) is 0 Å². The summed E-state index contributed by atoms with van der Waals surface area (Å²) in [5.74, 6) is -0.880. The molecule has 8 heteroatoms. The van der Waals surface area contributed by atoms with Gasteiger partial charge in [0.1, 0.15) is 6.42 Å². The van der Waals surface area contributed by atoms with E-state index >= 15 is 0 Å². The molecule has 0 aliphatic heterocycles. The highest BCUT2D eigenvalue weighted by atomic mass is 16.2. The lowest BCUT2D eigenvalue weighted by atomic mass is 10.2. The van der Waals surface area contributed by atoms with Crippen LogP contribution < -0.4 is 5.73 Å². The van der Waals surface area contributed by atoms with Crippen molar-refractivity contribution in [3.63, 3.8) is 0 Å². The summed E-state index contributed by atoms with van der Waals surface area (Å²) in [4.78, 5) is 38.4. The molecule has 21 heavy (non-hydrogen) atoms. The maximum Gasteiger partial charge on any atom is 0.232 e. The predicted octanol–water partition coefficient (Wildman–Crippen LogP) is -0.378. The molecule has 0 saturated heterocycles. The molecule has 8 nitrogen and oxygen atoms in total. The summed E-state index contributed by atoms with van der Waals surface area (Å²) in [6, 6.07) is 0. The predicted molar refractivity (Wildman–Crippen MR) is 75.0 cm³/mol. The van der Waals surface area contributed by atoms with Crippen LogP contribution in [0.5, 0.6) is 0 Å². The first-order valence-corrected chi connectivity index (χ1v) is 6.65. The van der Waals surface area contributed by atoms with Gasteiger partial charge < -0.3 is 20.6 Å². The second kappa shape index (κ2) is 7.22. The molecule has 2 heterocycles. The average molecular weight is 290 g/mol. The quantitative estimate of drug-likeness (QED) is 0.574. The Bertz CT molecular complexity index is 525. The molecule has 2 amide bonds. The maximum atomic E-state index is 12.0. The van der Waals surface area contributed by atoms with Gasteiger partial charge in [0, 0.05) is 49.7 Å². The first-order valence-electron chi connectivity index (χ1n) is 6.65. The van der Waals surface area contributed by atoms with E-state index < -0.39 is 5.91 Å². The van der Waals surface area contributed by atoms with E-state index in [1.165, 1.54) is 0 Å². The monoisotopic (exact) mass is 290 g/mol. The Labute approximate surface area is 121 Å². The van der Waals surface area contributed by atoms with Crippen molar-refractivity contribution in [2.24, 2.45) is 5.73 Å². The summed E-state index contributed by atoms with van der Waals surface area (Å²) < 4.78 is 0. The summed E-state index contributed by atoms with van der Waals surface area (Å²) in [5.41, 5.74) is 6.97. The molecule has 0 aliphatic carbocycles. The smallest absolute Gasteiger partial charge is 0.232 e. The fourth-order valence-electron chi connectivity index (χ4n) is 1.98. The SMILES string of the molecule is NC(=O)CC(=O)N(CCc1cnc[nH]1)CCc1cnc[nH]1. The third-order valence-corrected chi connectivity index (χ3v) is 3.09. The van der Waals surface area contributed by atoms with Gasteiger partial charge in [0.2, 0.25) is 11.8 Å². The number of hydrogen-bond donors (Lipinski definition) is 3. The van der Waals surface area contributed by atoms with E-state index in [9.17, 15) is 9.59 Å². The summed E-state index contributed by atoms with van der Waals surface area (Å²) in [5, 5.41) is 0. The third kappa shape index (κ3) is 4.75. The minimum absolute atomic E-state index is 0.262. The minimum Gasteiger partial charge on any atom is -0.369 e. The Balaban J connectivity index is 1.91. The van der Waals surface area contributed by atoms with Crippen molar-refractivity contribution in [3.05, 3.63) is 36.4 Å². The van der Waals surface area contributed by atoms with Gasteiger partial charge in [0.15, 0.2) is 0 Å². The number of primary amides is 1. The number of hydrogen-bond acceptors (Lipinski definition) is 4. The number of H-pyrrole nitrogens is 2. The van der Waals surface area contributed by atoms with E-state index in [1.54, 1.807) is 29.9 Å². The molecule has 2 aromatic heterocycles. The van der Waals surface area contributed by atoms with Crippen molar-refractivity contribution in [2.45, 2.75) is 19.3 Å². The average Bonchev–Trinajstić information content (AvgIpc) is 3.10. The number of nitrogens with one attached hydrogen (secondary N) is 2. The van der Waals surface area contributed by atoms with Crippen LogP contribution in [-0.4, -0.2) is 49.7 Å².